The Balaban J connectivity index is 2.27. The van der Waals surface area contributed by atoms with Crippen molar-refractivity contribution in [3.05, 3.63) is 0 Å². The molecule has 0 unspecified atom stereocenters. The van der Waals surface area contributed by atoms with Gasteiger partial charge >= 0.3 is 0 Å². The maximum atomic E-state index is 12.1. The molecule has 19 heavy (non-hydrogen) atoms. The molecule has 0 aromatic rings. The van der Waals surface area contributed by atoms with Crippen LogP contribution in [0, 0.1) is 0 Å². The quantitative estimate of drug-likeness (QED) is 0.828. The number of hydrogen-bond acceptors (Lipinski definition) is 3. The van der Waals surface area contributed by atoms with E-state index in [1.165, 1.54) is 0 Å². The molecule has 1 saturated heterocycles. The van der Waals surface area contributed by atoms with Crippen LogP contribution in [0.4, 0.5) is 0 Å². The zero-order valence-corrected chi connectivity index (χ0v) is 13.1. The summed E-state index contributed by atoms with van der Waals surface area (Å²) in [6, 6.07) is 0.292. The number of rotatable bonds is 5. The first kappa shape index (κ1) is 16.4. The highest BCUT2D eigenvalue weighted by atomic mass is 16.2. The van der Waals surface area contributed by atoms with Gasteiger partial charge in [-0.15, -0.1) is 0 Å². The van der Waals surface area contributed by atoms with E-state index in [1.54, 1.807) is 0 Å². The van der Waals surface area contributed by atoms with E-state index in [-0.39, 0.29) is 5.54 Å². The predicted molar refractivity (Wildman–Crippen MR) is 80.0 cm³/mol. The van der Waals surface area contributed by atoms with Crippen molar-refractivity contribution in [3.8, 4) is 0 Å². The van der Waals surface area contributed by atoms with Crippen LogP contribution in [0.2, 0.25) is 0 Å². The van der Waals surface area contributed by atoms with E-state index in [0.29, 0.717) is 18.4 Å². The Kier molecular flexibility index (Phi) is 6.27. The second kappa shape index (κ2) is 7.25. The van der Waals surface area contributed by atoms with Gasteiger partial charge in [-0.05, 0) is 53.1 Å². The average Bonchev–Trinajstić information content (AvgIpc) is 2.33. The second-order valence-corrected chi connectivity index (χ2v) is 6.57. The summed E-state index contributed by atoms with van der Waals surface area (Å²) in [7, 11) is 0. The van der Waals surface area contributed by atoms with Crippen LogP contribution in [-0.4, -0.2) is 53.5 Å². The molecule has 4 heteroatoms. The molecule has 0 spiro atoms. The lowest BCUT2D eigenvalue weighted by Crippen LogP contribution is -2.44. The van der Waals surface area contributed by atoms with Gasteiger partial charge in [0.2, 0.25) is 5.91 Å². The van der Waals surface area contributed by atoms with E-state index in [2.05, 4.69) is 32.6 Å². The van der Waals surface area contributed by atoms with E-state index in [9.17, 15) is 4.79 Å². The molecular formula is C15H31N3O. The molecule has 0 saturated carbocycles. The molecule has 1 aliphatic rings. The number of hydrogen-bond donors (Lipinski definition) is 1. The van der Waals surface area contributed by atoms with Crippen molar-refractivity contribution in [3.63, 3.8) is 0 Å². The maximum absolute atomic E-state index is 12.1. The highest BCUT2D eigenvalue weighted by Gasteiger charge is 2.22. The lowest BCUT2D eigenvalue weighted by molar-refractivity contribution is -0.132. The van der Waals surface area contributed by atoms with Crippen LogP contribution in [0.1, 0.15) is 53.4 Å². The van der Waals surface area contributed by atoms with E-state index in [1.807, 2.05) is 4.90 Å². The lowest BCUT2D eigenvalue weighted by atomic mass is 10.0. The van der Waals surface area contributed by atoms with Crippen molar-refractivity contribution in [1.82, 2.24) is 9.80 Å². The Morgan fingerprint density at radius 1 is 1.32 bits per heavy atom. The van der Waals surface area contributed by atoms with Crippen molar-refractivity contribution in [2.45, 2.75) is 65.0 Å². The van der Waals surface area contributed by atoms with E-state index in [4.69, 9.17) is 5.73 Å². The van der Waals surface area contributed by atoms with Gasteiger partial charge in [-0.25, -0.2) is 0 Å². The van der Waals surface area contributed by atoms with Gasteiger partial charge in [0.25, 0.3) is 0 Å². The molecule has 0 atom stereocenters. The molecule has 0 radical (unpaired) electrons. The summed E-state index contributed by atoms with van der Waals surface area (Å²) < 4.78 is 0. The minimum absolute atomic E-state index is 0.190. The summed E-state index contributed by atoms with van der Waals surface area (Å²) in [5.41, 5.74) is 6.05. The van der Waals surface area contributed by atoms with Gasteiger partial charge in [-0.2, -0.15) is 0 Å². The van der Waals surface area contributed by atoms with Gasteiger partial charge in [0.15, 0.2) is 0 Å². The van der Waals surface area contributed by atoms with Crippen LogP contribution >= 0.6 is 0 Å². The molecule has 1 amide bonds. The Morgan fingerprint density at radius 2 is 1.89 bits per heavy atom. The smallest absolute Gasteiger partial charge is 0.222 e. The minimum atomic E-state index is 0.190. The first-order valence-corrected chi connectivity index (χ1v) is 7.63. The van der Waals surface area contributed by atoms with Gasteiger partial charge in [0, 0.05) is 31.1 Å². The largest absolute Gasteiger partial charge is 0.343 e. The van der Waals surface area contributed by atoms with Gasteiger partial charge in [-0.1, -0.05) is 6.92 Å². The second-order valence-electron chi connectivity index (χ2n) is 6.57. The number of carbonyl (C=O) groups is 1. The third-order valence-electron chi connectivity index (χ3n) is 4.04. The third kappa shape index (κ3) is 5.49. The molecule has 0 aromatic heterocycles. The molecule has 0 aromatic carbocycles. The summed E-state index contributed by atoms with van der Waals surface area (Å²) in [5, 5.41) is 0. The third-order valence-corrected chi connectivity index (χ3v) is 4.04. The molecule has 1 aliphatic heterocycles. The SMILES string of the molecule is CCN(CCCC(=O)N1CCC(N)CC1)C(C)(C)C. The predicted octanol–water partition coefficient (Wildman–Crippen LogP) is 1.84. The van der Waals surface area contributed by atoms with Crippen molar-refractivity contribution >= 4 is 5.91 Å². The normalized spacial score (nSPS) is 18.1. The van der Waals surface area contributed by atoms with Crippen molar-refractivity contribution in [2.75, 3.05) is 26.2 Å². The molecule has 0 bridgehead atoms. The van der Waals surface area contributed by atoms with Gasteiger partial charge in [-0.3, -0.25) is 9.69 Å². The lowest BCUT2D eigenvalue weighted by Gasteiger charge is -2.35. The van der Waals surface area contributed by atoms with Gasteiger partial charge in [0.1, 0.15) is 0 Å². The monoisotopic (exact) mass is 269 g/mol. The summed E-state index contributed by atoms with van der Waals surface area (Å²) >= 11 is 0. The Hall–Kier alpha value is -0.610. The molecule has 2 N–H and O–H groups in total. The zero-order chi connectivity index (χ0) is 14.5. The molecular weight excluding hydrogens is 238 g/mol. The van der Waals surface area contributed by atoms with Crippen LogP contribution < -0.4 is 5.73 Å². The van der Waals surface area contributed by atoms with Crippen molar-refractivity contribution < 1.29 is 4.79 Å². The van der Waals surface area contributed by atoms with E-state index < -0.39 is 0 Å². The first-order valence-electron chi connectivity index (χ1n) is 7.63. The highest BCUT2D eigenvalue weighted by Crippen LogP contribution is 2.15. The number of nitrogens with zero attached hydrogens (tertiary/aromatic N) is 2. The first-order chi connectivity index (χ1) is 8.84. The summed E-state index contributed by atoms with van der Waals surface area (Å²) in [5.74, 6) is 0.303. The van der Waals surface area contributed by atoms with Crippen LogP contribution in [0.25, 0.3) is 0 Å². The maximum Gasteiger partial charge on any atom is 0.222 e. The van der Waals surface area contributed by atoms with Gasteiger partial charge in [0.05, 0.1) is 0 Å². The summed E-state index contributed by atoms with van der Waals surface area (Å²) in [6.45, 7) is 12.6. The zero-order valence-electron chi connectivity index (χ0n) is 13.1. The number of piperidine rings is 1. The Labute approximate surface area is 118 Å². The Morgan fingerprint density at radius 3 is 2.37 bits per heavy atom. The summed E-state index contributed by atoms with van der Waals surface area (Å²) in [6.07, 6.45) is 3.53. The molecule has 1 heterocycles. The van der Waals surface area contributed by atoms with E-state index >= 15 is 0 Å². The molecule has 1 fully saturated rings. The Bertz CT molecular complexity index is 278. The summed E-state index contributed by atoms with van der Waals surface area (Å²) in [4.78, 5) is 16.5. The molecule has 1 rings (SSSR count). The van der Waals surface area contributed by atoms with Crippen molar-refractivity contribution in [2.24, 2.45) is 5.73 Å². The fourth-order valence-electron chi connectivity index (χ4n) is 2.70. The standard InChI is InChI=1S/C15H31N3O/c1-5-18(15(2,3)4)10-6-7-14(19)17-11-8-13(16)9-12-17/h13H,5-12,16H2,1-4H3. The fourth-order valence-corrected chi connectivity index (χ4v) is 2.70. The topological polar surface area (TPSA) is 49.6 Å². The van der Waals surface area contributed by atoms with Crippen LogP contribution in [0.3, 0.4) is 0 Å². The van der Waals surface area contributed by atoms with Gasteiger partial charge < -0.3 is 10.6 Å². The van der Waals surface area contributed by atoms with Crippen LogP contribution in [-0.2, 0) is 4.79 Å². The molecule has 112 valence electrons. The molecule has 4 nitrogen and oxygen atoms in total. The number of nitrogens with two attached hydrogens (primary N) is 1. The number of amides is 1. The van der Waals surface area contributed by atoms with Crippen LogP contribution in [0.15, 0.2) is 0 Å². The minimum Gasteiger partial charge on any atom is -0.343 e. The van der Waals surface area contributed by atoms with Crippen LogP contribution in [0.5, 0.6) is 0 Å². The fraction of sp³-hybridized carbons (Fsp3) is 0.933. The number of carbonyl (C=O) groups excluding carboxylic acids is 1. The number of likely N-dealkylation sites (tertiary alicyclic amines) is 1. The highest BCUT2D eigenvalue weighted by molar-refractivity contribution is 5.76. The van der Waals surface area contributed by atoms with E-state index in [0.717, 1.165) is 45.4 Å². The average molecular weight is 269 g/mol. The van der Waals surface area contributed by atoms with Crippen molar-refractivity contribution in [1.29, 1.82) is 0 Å². The molecule has 0 aliphatic carbocycles.